The van der Waals surface area contributed by atoms with Crippen molar-refractivity contribution >= 4 is 22.5 Å². The van der Waals surface area contributed by atoms with Crippen molar-refractivity contribution in [2.45, 2.75) is 13.0 Å². The van der Waals surface area contributed by atoms with Crippen molar-refractivity contribution in [3.8, 4) is 0 Å². The second-order valence-corrected chi connectivity index (χ2v) is 4.18. The van der Waals surface area contributed by atoms with Gasteiger partial charge >= 0.3 is 5.69 Å². The maximum Gasteiger partial charge on any atom is 0.351 e. The summed E-state index contributed by atoms with van der Waals surface area (Å²) in [6, 6.07) is 7.43. The Morgan fingerprint density at radius 2 is 2.11 bits per heavy atom. The summed E-state index contributed by atoms with van der Waals surface area (Å²) in [5, 5.41) is 5.02. The third-order valence-corrected chi connectivity index (χ3v) is 2.90. The maximum absolute atomic E-state index is 12.1. The number of rotatable bonds is 3. The number of hydrogen-bond acceptors (Lipinski definition) is 4. The van der Waals surface area contributed by atoms with Crippen LogP contribution in [-0.2, 0) is 11.3 Å². The largest absolute Gasteiger partial charge is 0.370 e. The molecule has 0 bridgehead atoms. The van der Waals surface area contributed by atoms with Gasteiger partial charge in [0.2, 0.25) is 5.91 Å². The Balaban J connectivity index is 2.22. The number of para-hydroxylation sites is 1. The van der Waals surface area contributed by atoms with Gasteiger partial charge in [0.05, 0.1) is 12.1 Å². The number of hydrogen-bond donors (Lipinski definition) is 1. The van der Waals surface area contributed by atoms with E-state index in [2.05, 4.69) is 10.1 Å². The lowest BCUT2D eigenvalue weighted by molar-refractivity contribution is -0.118. The van der Waals surface area contributed by atoms with E-state index in [0.29, 0.717) is 5.65 Å². The van der Waals surface area contributed by atoms with Gasteiger partial charge in [-0.05, 0) is 12.1 Å². The van der Waals surface area contributed by atoms with Crippen molar-refractivity contribution in [2.75, 3.05) is 0 Å². The molecule has 0 saturated carbocycles. The van der Waals surface area contributed by atoms with Gasteiger partial charge in [-0.15, -0.1) is 5.10 Å². The predicted molar refractivity (Wildman–Crippen MR) is 68.6 cm³/mol. The number of benzene rings is 1. The Morgan fingerprint density at radius 1 is 1.32 bits per heavy atom. The first-order valence-electron chi connectivity index (χ1n) is 5.78. The quantitative estimate of drug-likeness (QED) is 0.709. The lowest BCUT2D eigenvalue weighted by Gasteiger charge is -1.96. The first-order valence-corrected chi connectivity index (χ1v) is 5.78. The summed E-state index contributed by atoms with van der Waals surface area (Å²) in [5.41, 5.74) is 6.04. The van der Waals surface area contributed by atoms with E-state index in [1.807, 2.05) is 24.3 Å². The Hall–Kier alpha value is -2.70. The standard InChI is InChI=1S/C12H11N5O2/c13-10(18)5-6-17-12(19)16-7-14-9-4-2-1-3-8(9)11(16)15-17/h1-4,7H,5-6H2,(H2,13,18). The summed E-state index contributed by atoms with van der Waals surface area (Å²) in [7, 11) is 0. The van der Waals surface area contributed by atoms with E-state index in [-0.39, 0.29) is 18.7 Å². The molecule has 2 aromatic heterocycles. The van der Waals surface area contributed by atoms with E-state index in [9.17, 15) is 9.59 Å². The number of carbonyl (C=O) groups excluding carboxylic acids is 1. The molecule has 3 rings (SSSR count). The van der Waals surface area contributed by atoms with Crippen molar-refractivity contribution < 1.29 is 4.79 Å². The Bertz CT molecular complexity index is 833. The molecule has 1 amide bonds. The second kappa shape index (κ2) is 4.20. The molecule has 2 heterocycles. The highest BCUT2D eigenvalue weighted by Crippen LogP contribution is 2.14. The topological polar surface area (TPSA) is 95.3 Å². The molecule has 0 aliphatic rings. The van der Waals surface area contributed by atoms with Crippen molar-refractivity contribution in [3.63, 3.8) is 0 Å². The van der Waals surface area contributed by atoms with Crippen LogP contribution in [0.1, 0.15) is 6.42 Å². The highest BCUT2D eigenvalue weighted by Gasteiger charge is 2.10. The minimum atomic E-state index is -0.466. The van der Waals surface area contributed by atoms with E-state index in [1.54, 1.807) is 0 Å². The van der Waals surface area contributed by atoms with Crippen LogP contribution in [0.5, 0.6) is 0 Å². The SMILES string of the molecule is NC(=O)CCn1nc2c3ccccc3ncn2c1=O. The summed E-state index contributed by atoms with van der Waals surface area (Å²) < 4.78 is 2.59. The van der Waals surface area contributed by atoms with Crippen LogP contribution >= 0.6 is 0 Å². The number of primary amides is 1. The lowest BCUT2D eigenvalue weighted by atomic mass is 10.2. The zero-order chi connectivity index (χ0) is 13.4. The summed E-state index contributed by atoms with van der Waals surface area (Å²) in [6.45, 7) is 0.171. The number of carbonyl (C=O) groups is 1. The number of amides is 1. The zero-order valence-electron chi connectivity index (χ0n) is 9.98. The van der Waals surface area contributed by atoms with Crippen LogP contribution in [0, 0.1) is 0 Å². The number of nitrogens with zero attached hydrogens (tertiary/aromatic N) is 4. The highest BCUT2D eigenvalue weighted by molar-refractivity contribution is 5.90. The van der Waals surface area contributed by atoms with Crippen LogP contribution in [0.15, 0.2) is 35.4 Å². The molecule has 0 saturated heterocycles. The maximum atomic E-state index is 12.1. The van der Waals surface area contributed by atoms with Crippen molar-refractivity contribution in [2.24, 2.45) is 5.73 Å². The predicted octanol–water partition coefficient (Wildman–Crippen LogP) is -0.0804. The van der Waals surface area contributed by atoms with Crippen LogP contribution in [-0.4, -0.2) is 25.1 Å². The molecule has 0 atom stereocenters. The van der Waals surface area contributed by atoms with E-state index in [1.165, 1.54) is 15.4 Å². The van der Waals surface area contributed by atoms with Gasteiger partial charge in [0.1, 0.15) is 6.33 Å². The third-order valence-electron chi connectivity index (χ3n) is 2.90. The third kappa shape index (κ3) is 1.85. The van der Waals surface area contributed by atoms with Crippen LogP contribution < -0.4 is 11.4 Å². The van der Waals surface area contributed by atoms with Gasteiger partial charge in [0, 0.05) is 11.8 Å². The molecule has 96 valence electrons. The molecule has 0 radical (unpaired) electrons. The van der Waals surface area contributed by atoms with Gasteiger partial charge in [-0.25, -0.2) is 18.9 Å². The van der Waals surface area contributed by atoms with Gasteiger partial charge in [0.25, 0.3) is 0 Å². The monoisotopic (exact) mass is 257 g/mol. The smallest absolute Gasteiger partial charge is 0.351 e. The molecular weight excluding hydrogens is 246 g/mol. The van der Waals surface area contributed by atoms with E-state index in [4.69, 9.17) is 5.73 Å². The lowest BCUT2D eigenvalue weighted by Crippen LogP contribution is -2.24. The molecule has 1 aromatic carbocycles. The Morgan fingerprint density at radius 3 is 2.89 bits per heavy atom. The van der Waals surface area contributed by atoms with Crippen molar-refractivity contribution in [1.29, 1.82) is 0 Å². The molecule has 0 unspecified atom stereocenters. The van der Waals surface area contributed by atoms with Crippen molar-refractivity contribution in [3.05, 3.63) is 41.1 Å². The molecular formula is C12H11N5O2. The fourth-order valence-electron chi connectivity index (χ4n) is 1.96. The first kappa shape index (κ1) is 11.4. The molecule has 3 aromatic rings. The van der Waals surface area contributed by atoms with Gasteiger partial charge in [-0.3, -0.25) is 4.79 Å². The summed E-state index contributed by atoms with van der Waals surface area (Å²) in [5.74, 6) is -0.466. The van der Waals surface area contributed by atoms with Crippen molar-refractivity contribution in [1.82, 2.24) is 19.2 Å². The average Bonchev–Trinajstić information content (AvgIpc) is 2.74. The minimum Gasteiger partial charge on any atom is -0.370 e. The molecule has 0 spiro atoms. The molecule has 7 nitrogen and oxygen atoms in total. The van der Waals surface area contributed by atoms with E-state index >= 15 is 0 Å². The van der Waals surface area contributed by atoms with E-state index in [0.717, 1.165) is 10.9 Å². The van der Waals surface area contributed by atoms with Gasteiger partial charge < -0.3 is 5.73 Å². The zero-order valence-corrected chi connectivity index (χ0v) is 9.98. The van der Waals surface area contributed by atoms with Gasteiger partial charge in [-0.2, -0.15) is 0 Å². The fraction of sp³-hybridized carbons (Fsp3) is 0.167. The Kier molecular flexibility index (Phi) is 2.52. The van der Waals surface area contributed by atoms with Gasteiger partial charge in [0.15, 0.2) is 5.65 Å². The summed E-state index contributed by atoms with van der Waals surface area (Å²) in [6.07, 6.45) is 1.52. The average molecular weight is 257 g/mol. The molecule has 0 fully saturated rings. The summed E-state index contributed by atoms with van der Waals surface area (Å²) >= 11 is 0. The van der Waals surface area contributed by atoms with Crippen LogP contribution in [0.3, 0.4) is 0 Å². The summed E-state index contributed by atoms with van der Waals surface area (Å²) in [4.78, 5) is 27.0. The second-order valence-electron chi connectivity index (χ2n) is 4.18. The molecule has 19 heavy (non-hydrogen) atoms. The van der Waals surface area contributed by atoms with Gasteiger partial charge in [-0.1, -0.05) is 12.1 Å². The van der Waals surface area contributed by atoms with Crippen LogP contribution in [0.4, 0.5) is 0 Å². The van der Waals surface area contributed by atoms with Crippen LogP contribution in [0.25, 0.3) is 16.6 Å². The highest BCUT2D eigenvalue weighted by atomic mass is 16.2. The normalized spacial score (nSPS) is 11.2. The molecule has 7 heteroatoms. The molecule has 2 N–H and O–H groups in total. The number of aryl methyl sites for hydroxylation is 1. The number of aromatic nitrogens is 4. The Labute approximate surface area is 107 Å². The molecule has 0 aliphatic carbocycles. The van der Waals surface area contributed by atoms with E-state index < -0.39 is 5.91 Å². The molecule has 0 aliphatic heterocycles. The first-order chi connectivity index (χ1) is 9.16. The number of fused-ring (bicyclic) bond motifs is 3. The number of nitrogens with two attached hydrogens (primary N) is 1. The minimum absolute atomic E-state index is 0.0785. The van der Waals surface area contributed by atoms with Crippen LogP contribution in [0.2, 0.25) is 0 Å². The fourth-order valence-corrected chi connectivity index (χ4v) is 1.96.